The molecular weight excluding hydrogens is 330 g/mol. The third-order valence-corrected chi connectivity index (χ3v) is 5.74. The van der Waals surface area contributed by atoms with Crippen molar-refractivity contribution in [3.05, 3.63) is 23.2 Å². The molecule has 2 aliphatic rings. The molecule has 1 saturated carbocycles. The molecule has 2 N–H and O–H groups in total. The molecule has 1 saturated heterocycles. The van der Waals surface area contributed by atoms with Crippen LogP contribution in [0.15, 0.2) is 18.2 Å². The second kappa shape index (κ2) is 7.16. The second-order valence-corrected chi connectivity index (χ2v) is 7.52. The van der Waals surface area contributed by atoms with E-state index in [9.17, 15) is 4.79 Å². The number of carbonyl (C=O) groups excluding carboxylic acids is 1. The Balaban J connectivity index is 0.00000156. The van der Waals surface area contributed by atoms with Crippen molar-refractivity contribution in [3.63, 3.8) is 0 Å². The molecular formula is C17H22ClN3OS. The lowest BCUT2D eigenvalue weighted by Crippen LogP contribution is -2.14. The smallest absolute Gasteiger partial charge is 0.224 e. The monoisotopic (exact) mass is 351 g/mol. The van der Waals surface area contributed by atoms with Crippen molar-refractivity contribution in [2.75, 3.05) is 18.4 Å². The lowest BCUT2D eigenvalue weighted by Gasteiger charge is -2.08. The molecule has 4 nitrogen and oxygen atoms in total. The maximum Gasteiger partial charge on any atom is 0.224 e. The van der Waals surface area contributed by atoms with Gasteiger partial charge in [0.15, 0.2) is 0 Å². The third kappa shape index (κ3) is 4.03. The Labute approximate surface area is 146 Å². The highest BCUT2D eigenvalue weighted by Crippen LogP contribution is 2.43. The van der Waals surface area contributed by atoms with E-state index >= 15 is 0 Å². The number of aromatic nitrogens is 1. The van der Waals surface area contributed by atoms with Crippen molar-refractivity contribution in [2.45, 2.75) is 38.0 Å². The van der Waals surface area contributed by atoms with Crippen LogP contribution in [-0.4, -0.2) is 24.0 Å². The fraction of sp³-hybridized carbons (Fsp3) is 0.529. The van der Waals surface area contributed by atoms with Crippen LogP contribution in [0.5, 0.6) is 0 Å². The van der Waals surface area contributed by atoms with Gasteiger partial charge in [0.2, 0.25) is 5.91 Å². The first-order valence-corrected chi connectivity index (χ1v) is 9.00. The summed E-state index contributed by atoms with van der Waals surface area (Å²) >= 11 is 1.77. The summed E-state index contributed by atoms with van der Waals surface area (Å²) in [5.41, 5.74) is 1.95. The number of anilines is 1. The van der Waals surface area contributed by atoms with Crippen molar-refractivity contribution in [2.24, 2.45) is 5.92 Å². The van der Waals surface area contributed by atoms with Crippen molar-refractivity contribution < 1.29 is 4.79 Å². The van der Waals surface area contributed by atoms with Crippen LogP contribution in [0.4, 0.5) is 5.69 Å². The maximum absolute atomic E-state index is 12.1. The summed E-state index contributed by atoms with van der Waals surface area (Å²) in [4.78, 5) is 16.8. The Hall–Kier alpha value is -1.17. The van der Waals surface area contributed by atoms with Gasteiger partial charge in [-0.25, -0.2) is 4.98 Å². The molecule has 4 rings (SSSR count). The molecule has 0 radical (unpaired) electrons. The number of hydrogen-bond donors (Lipinski definition) is 2. The zero-order valence-corrected chi connectivity index (χ0v) is 14.6. The van der Waals surface area contributed by atoms with Crippen LogP contribution in [0.3, 0.4) is 0 Å². The number of carbonyl (C=O) groups is 1. The summed E-state index contributed by atoms with van der Waals surface area (Å²) in [5.74, 6) is 1.48. The molecule has 0 bridgehead atoms. The molecule has 0 spiro atoms. The van der Waals surface area contributed by atoms with Crippen LogP contribution in [0.2, 0.25) is 0 Å². The third-order valence-electron chi connectivity index (χ3n) is 4.56. The van der Waals surface area contributed by atoms with Gasteiger partial charge >= 0.3 is 0 Å². The van der Waals surface area contributed by atoms with Gasteiger partial charge in [-0.05, 0) is 62.9 Å². The van der Waals surface area contributed by atoms with Gasteiger partial charge in [-0.2, -0.15) is 0 Å². The van der Waals surface area contributed by atoms with Crippen LogP contribution in [0.1, 0.15) is 43.0 Å². The average molecular weight is 352 g/mol. The van der Waals surface area contributed by atoms with E-state index in [-0.39, 0.29) is 18.3 Å². The van der Waals surface area contributed by atoms with Crippen LogP contribution in [-0.2, 0) is 4.79 Å². The number of thiazole rings is 1. The number of halogens is 1. The van der Waals surface area contributed by atoms with Crippen molar-refractivity contribution >= 4 is 45.6 Å². The number of rotatable bonds is 5. The number of amides is 1. The molecule has 2 fully saturated rings. The summed E-state index contributed by atoms with van der Waals surface area (Å²) in [6.07, 6.45) is 5.34. The Kier molecular flexibility index (Phi) is 5.19. The van der Waals surface area contributed by atoms with Crippen molar-refractivity contribution in [1.29, 1.82) is 0 Å². The average Bonchev–Trinajstić information content (AvgIpc) is 3.08. The van der Waals surface area contributed by atoms with E-state index in [4.69, 9.17) is 0 Å². The van der Waals surface area contributed by atoms with Gasteiger partial charge in [0.05, 0.1) is 15.2 Å². The summed E-state index contributed by atoms with van der Waals surface area (Å²) < 4.78 is 1.18. The maximum atomic E-state index is 12.1. The Morgan fingerprint density at radius 2 is 2.22 bits per heavy atom. The van der Waals surface area contributed by atoms with Gasteiger partial charge in [0.25, 0.3) is 0 Å². The van der Waals surface area contributed by atoms with E-state index in [1.165, 1.54) is 29.0 Å². The van der Waals surface area contributed by atoms with E-state index < -0.39 is 0 Å². The predicted molar refractivity (Wildman–Crippen MR) is 97.7 cm³/mol. The summed E-state index contributed by atoms with van der Waals surface area (Å²) in [6.45, 7) is 2.15. The quantitative estimate of drug-likeness (QED) is 0.858. The molecule has 1 aliphatic carbocycles. The van der Waals surface area contributed by atoms with Crippen LogP contribution < -0.4 is 10.6 Å². The van der Waals surface area contributed by atoms with E-state index in [2.05, 4.69) is 21.7 Å². The van der Waals surface area contributed by atoms with E-state index in [0.717, 1.165) is 30.7 Å². The standard InChI is InChI=1S/C17H21N3OS.ClH/c21-16(6-1-11-7-8-18-10-11)19-13-4-5-14-15(9-13)22-17(20-14)12-2-3-12;/h4-5,9,11-12,18H,1-3,6-8,10H2,(H,19,21);1H. The minimum atomic E-state index is 0. The predicted octanol–water partition coefficient (Wildman–Crippen LogP) is 3.92. The Morgan fingerprint density at radius 1 is 1.35 bits per heavy atom. The molecule has 1 unspecified atom stereocenters. The second-order valence-electron chi connectivity index (χ2n) is 6.45. The Morgan fingerprint density at radius 3 is 2.96 bits per heavy atom. The van der Waals surface area contributed by atoms with Gasteiger partial charge in [-0.3, -0.25) is 4.79 Å². The topological polar surface area (TPSA) is 54.0 Å². The molecule has 23 heavy (non-hydrogen) atoms. The molecule has 6 heteroatoms. The number of benzene rings is 1. The SMILES string of the molecule is Cl.O=C(CCC1CCNC1)Nc1ccc2nc(C3CC3)sc2c1. The highest BCUT2D eigenvalue weighted by Gasteiger charge is 2.27. The summed E-state index contributed by atoms with van der Waals surface area (Å²) in [7, 11) is 0. The molecule has 2 aromatic rings. The van der Waals surface area contributed by atoms with E-state index in [1.54, 1.807) is 11.3 Å². The molecule has 1 aromatic heterocycles. The lowest BCUT2D eigenvalue weighted by atomic mass is 10.0. The Bertz CT molecular complexity index is 692. The summed E-state index contributed by atoms with van der Waals surface area (Å²) in [5, 5.41) is 7.63. The highest BCUT2D eigenvalue weighted by molar-refractivity contribution is 7.18. The molecule has 1 amide bonds. The first kappa shape index (κ1) is 16.7. The van der Waals surface area contributed by atoms with Crippen LogP contribution in [0, 0.1) is 5.92 Å². The van der Waals surface area contributed by atoms with Gasteiger partial charge in [0, 0.05) is 18.0 Å². The number of nitrogens with zero attached hydrogens (tertiary/aromatic N) is 1. The minimum absolute atomic E-state index is 0. The van der Waals surface area contributed by atoms with Gasteiger partial charge in [-0.15, -0.1) is 23.7 Å². The molecule has 1 aromatic carbocycles. The van der Waals surface area contributed by atoms with E-state index in [0.29, 0.717) is 18.3 Å². The highest BCUT2D eigenvalue weighted by atomic mass is 35.5. The number of hydrogen-bond acceptors (Lipinski definition) is 4. The van der Waals surface area contributed by atoms with Crippen molar-refractivity contribution in [1.82, 2.24) is 10.3 Å². The first-order valence-electron chi connectivity index (χ1n) is 8.19. The lowest BCUT2D eigenvalue weighted by molar-refractivity contribution is -0.116. The molecule has 1 atom stereocenters. The normalized spacial score (nSPS) is 20.4. The molecule has 1 aliphatic heterocycles. The first-order chi connectivity index (χ1) is 10.8. The molecule has 2 heterocycles. The number of nitrogens with one attached hydrogen (secondary N) is 2. The fourth-order valence-corrected chi connectivity index (χ4v) is 4.22. The van der Waals surface area contributed by atoms with Crippen molar-refractivity contribution in [3.8, 4) is 0 Å². The zero-order valence-electron chi connectivity index (χ0n) is 13.0. The van der Waals surface area contributed by atoms with Gasteiger partial charge in [-0.1, -0.05) is 0 Å². The molecule has 124 valence electrons. The largest absolute Gasteiger partial charge is 0.326 e. The minimum Gasteiger partial charge on any atom is -0.326 e. The number of fused-ring (bicyclic) bond motifs is 1. The van der Waals surface area contributed by atoms with Crippen LogP contribution in [0.25, 0.3) is 10.2 Å². The van der Waals surface area contributed by atoms with Gasteiger partial charge in [0.1, 0.15) is 0 Å². The van der Waals surface area contributed by atoms with Crippen LogP contribution >= 0.6 is 23.7 Å². The van der Waals surface area contributed by atoms with Gasteiger partial charge < -0.3 is 10.6 Å². The summed E-state index contributed by atoms with van der Waals surface area (Å²) in [6, 6.07) is 6.05. The van der Waals surface area contributed by atoms with E-state index in [1.807, 2.05) is 12.1 Å². The zero-order chi connectivity index (χ0) is 14.9. The fourth-order valence-electron chi connectivity index (χ4n) is 3.04.